The number of phenolic OH excluding ortho intramolecular Hbond substituents is 1. The number of aromatic nitrogens is 1. The summed E-state index contributed by atoms with van der Waals surface area (Å²) in [6.07, 6.45) is 0. The molecule has 0 amide bonds. The Balaban J connectivity index is 2.67. The van der Waals surface area contributed by atoms with E-state index >= 15 is 0 Å². The first-order valence-corrected chi connectivity index (χ1v) is 6.62. The molecule has 0 fully saturated rings. The summed E-state index contributed by atoms with van der Waals surface area (Å²) in [5, 5.41) is 20.8. The SMILES string of the molecule is Cc1c(Cl)[nH]c(C(=O)c2cc(Cl)cc(Cl)c2O)c1[N+](=O)[O-]. The number of rotatable bonds is 3. The number of hydrogen-bond donors (Lipinski definition) is 2. The third kappa shape index (κ3) is 2.70. The van der Waals surface area contributed by atoms with Gasteiger partial charge in [0.1, 0.15) is 10.9 Å². The highest BCUT2D eigenvalue weighted by Gasteiger charge is 2.30. The molecule has 6 nitrogen and oxygen atoms in total. The van der Waals surface area contributed by atoms with Gasteiger partial charge in [-0.05, 0) is 19.1 Å². The van der Waals surface area contributed by atoms with Crippen LogP contribution in [-0.4, -0.2) is 20.8 Å². The fourth-order valence-corrected chi connectivity index (χ4v) is 2.50. The summed E-state index contributed by atoms with van der Waals surface area (Å²) in [4.78, 5) is 25.2. The molecule has 1 heterocycles. The molecular weight excluding hydrogens is 343 g/mol. The van der Waals surface area contributed by atoms with Crippen LogP contribution in [0.1, 0.15) is 21.6 Å². The van der Waals surface area contributed by atoms with Crippen LogP contribution in [0.2, 0.25) is 15.2 Å². The van der Waals surface area contributed by atoms with E-state index in [0.717, 1.165) is 0 Å². The number of ketones is 1. The lowest BCUT2D eigenvalue weighted by atomic mass is 10.1. The summed E-state index contributed by atoms with van der Waals surface area (Å²) in [5.74, 6) is -1.35. The van der Waals surface area contributed by atoms with Gasteiger partial charge in [0.05, 0.1) is 21.1 Å². The second-order valence-corrected chi connectivity index (χ2v) is 5.38. The number of phenols is 1. The predicted octanol–water partition coefficient (Wildman–Crippen LogP) is 4.13. The number of nitrogens with zero attached hydrogens (tertiary/aromatic N) is 1. The van der Waals surface area contributed by atoms with Crippen molar-refractivity contribution in [1.82, 2.24) is 4.98 Å². The van der Waals surface area contributed by atoms with Crippen LogP contribution in [0.4, 0.5) is 5.69 Å². The van der Waals surface area contributed by atoms with E-state index < -0.39 is 22.1 Å². The van der Waals surface area contributed by atoms with Crippen LogP contribution in [-0.2, 0) is 0 Å². The normalized spacial score (nSPS) is 10.7. The number of H-pyrrole nitrogens is 1. The van der Waals surface area contributed by atoms with E-state index in [4.69, 9.17) is 34.8 Å². The number of aromatic amines is 1. The second kappa shape index (κ2) is 5.55. The number of halogens is 3. The van der Waals surface area contributed by atoms with Gasteiger partial charge in [-0.1, -0.05) is 34.8 Å². The molecule has 0 bridgehead atoms. The summed E-state index contributed by atoms with van der Waals surface area (Å²) < 4.78 is 0. The average molecular weight is 350 g/mol. The maximum absolute atomic E-state index is 12.4. The lowest BCUT2D eigenvalue weighted by molar-refractivity contribution is -0.385. The van der Waals surface area contributed by atoms with Crippen LogP contribution in [0.5, 0.6) is 5.75 Å². The molecule has 0 aliphatic carbocycles. The van der Waals surface area contributed by atoms with Gasteiger partial charge in [0, 0.05) is 5.02 Å². The number of aromatic hydroxyl groups is 1. The van der Waals surface area contributed by atoms with Gasteiger partial charge >= 0.3 is 5.69 Å². The van der Waals surface area contributed by atoms with Crippen molar-refractivity contribution < 1.29 is 14.8 Å². The maximum Gasteiger partial charge on any atom is 0.302 e. The number of nitrogens with one attached hydrogen (secondary N) is 1. The van der Waals surface area contributed by atoms with Crippen molar-refractivity contribution in [3.63, 3.8) is 0 Å². The van der Waals surface area contributed by atoms with E-state index in [-0.39, 0.29) is 32.0 Å². The first-order chi connectivity index (χ1) is 9.73. The fraction of sp³-hybridized carbons (Fsp3) is 0.0833. The molecule has 0 aliphatic heterocycles. The zero-order valence-corrected chi connectivity index (χ0v) is 12.7. The van der Waals surface area contributed by atoms with E-state index in [2.05, 4.69) is 4.98 Å². The van der Waals surface area contributed by atoms with Gasteiger partial charge in [0.15, 0.2) is 5.69 Å². The summed E-state index contributed by atoms with van der Waals surface area (Å²) >= 11 is 17.3. The van der Waals surface area contributed by atoms with Crippen molar-refractivity contribution in [1.29, 1.82) is 0 Å². The third-order valence-corrected chi connectivity index (χ3v) is 3.72. The van der Waals surface area contributed by atoms with E-state index in [0.29, 0.717) is 0 Å². The minimum atomic E-state index is -0.835. The van der Waals surface area contributed by atoms with Crippen molar-refractivity contribution >= 4 is 46.3 Å². The highest BCUT2D eigenvalue weighted by atomic mass is 35.5. The Morgan fingerprint density at radius 3 is 2.52 bits per heavy atom. The van der Waals surface area contributed by atoms with Gasteiger partial charge in [0.25, 0.3) is 0 Å². The number of nitro groups is 1. The Hall–Kier alpha value is -1.76. The van der Waals surface area contributed by atoms with E-state index in [1.165, 1.54) is 19.1 Å². The van der Waals surface area contributed by atoms with Crippen molar-refractivity contribution in [3.05, 3.63) is 54.3 Å². The van der Waals surface area contributed by atoms with Crippen molar-refractivity contribution in [2.24, 2.45) is 0 Å². The van der Waals surface area contributed by atoms with Crippen LogP contribution >= 0.6 is 34.8 Å². The first-order valence-electron chi connectivity index (χ1n) is 5.49. The number of benzene rings is 1. The molecule has 0 spiro atoms. The summed E-state index contributed by atoms with van der Waals surface area (Å²) in [5.41, 5.74) is -0.942. The number of carbonyl (C=O) groups excluding carboxylic acids is 1. The lowest BCUT2D eigenvalue weighted by Crippen LogP contribution is -2.06. The molecule has 2 N–H and O–H groups in total. The molecule has 0 saturated carbocycles. The highest BCUT2D eigenvalue weighted by Crippen LogP contribution is 2.36. The van der Waals surface area contributed by atoms with Gasteiger partial charge in [-0.3, -0.25) is 14.9 Å². The molecule has 2 rings (SSSR count). The quantitative estimate of drug-likeness (QED) is 0.494. The Kier molecular flexibility index (Phi) is 4.13. The maximum atomic E-state index is 12.4. The predicted molar refractivity (Wildman–Crippen MR) is 78.8 cm³/mol. The molecule has 0 atom stereocenters. The number of hydrogen-bond acceptors (Lipinski definition) is 4. The standard InChI is InChI=1S/C12H7Cl3N2O4/c1-4-9(17(20)21)8(16-12(4)15)11(19)6-2-5(13)3-7(14)10(6)18/h2-3,16,18H,1H3. The third-order valence-electron chi connectivity index (χ3n) is 2.84. The van der Waals surface area contributed by atoms with Gasteiger partial charge < -0.3 is 10.1 Å². The van der Waals surface area contributed by atoms with Crippen molar-refractivity contribution in [3.8, 4) is 5.75 Å². The summed E-state index contributed by atoms with van der Waals surface area (Å²) in [6.45, 7) is 1.40. The smallest absolute Gasteiger partial charge is 0.302 e. The zero-order chi connectivity index (χ0) is 15.9. The first kappa shape index (κ1) is 15.6. The molecule has 0 aliphatic rings. The summed E-state index contributed by atoms with van der Waals surface area (Å²) in [7, 11) is 0. The Bertz CT molecular complexity index is 770. The molecule has 110 valence electrons. The van der Waals surface area contributed by atoms with Gasteiger partial charge in [-0.25, -0.2) is 0 Å². The van der Waals surface area contributed by atoms with E-state index in [9.17, 15) is 20.0 Å². The monoisotopic (exact) mass is 348 g/mol. The molecule has 1 aromatic heterocycles. The van der Waals surface area contributed by atoms with Crippen molar-refractivity contribution in [2.75, 3.05) is 0 Å². The topological polar surface area (TPSA) is 96.2 Å². The summed E-state index contributed by atoms with van der Waals surface area (Å²) in [6, 6.07) is 2.41. The average Bonchev–Trinajstić information content (AvgIpc) is 2.69. The minimum absolute atomic E-state index is 0.0299. The minimum Gasteiger partial charge on any atom is -0.506 e. The highest BCUT2D eigenvalue weighted by molar-refractivity contribution is 6.37. The Morgan fingerprint density at radius 1 is 1.33 bits per heavy atom. The number of carbonyl (C=O) groups is 1. The van der Waals surface area contributed by atoms with Gasteiger partial charge in [-0.2, -0.15) is 0 Å². The Morgan fingerprint density at radius 2 is 1.95 bits per heavy atom. The van der Waals surface area contributed by atoms with E-state index in [1.807, 2.05) is 0 Å². The fourth-order valence-electron chi connectivity index (χ4n) is 1.82. The molecule has 2 aromatic rings. The van der Waals surface area contributed by atoms with E-state index in [1.54, 1.807) is 0 Å². The molecule has 0 unspecified atom stereocenters. The van der Waals surface area contributed by atoms with Crippen LogP contribution in [0, 0.1) is 17.0 Å². The molecule has 0 radical (unpaired) electrons. The van der Waals surface area contributed by atoms with Crippen LogP contribution in [0.15, 0.2) is 12.1 Å². The molecule has 0 saturated heterocycles. The molecule has 9 heteroatoms. The lowest BCUT2D eigenvalue weighted by Gasteiger charge is -2.05. The van der Waals surface area contributed by atoms with Crippen LogP contribution < -0.4 is 0 Å². The largest absolute Gasteiger partial charge is 0.506 e. The van der Waals surface area contributed by atoms with Crippen molar-refractivity contribution in [2.45, 2.75) is 6.92 Å². The van der Waals surface area contributed by atoms with Gasteiger partial charge in [-0.15, -0.1) is 0 Å². The Labute approximate surface area is 133 Å². The molecule has 1 aromatic carbocycles. The molecule has 21 heavy (non-hydrogen) atoms. The van der Waals surface area contributed by atoms with Gasteiger partial charge in [0.2, 0.25) is 5.78 Å². The van der Waals surface area contributed by atoms with Crippen LogP contribution in [0.3, 0.4) is 0 Å². The zero-order valence-electron chi connectivity index (χ0n) is 10.4. The second-order valence-electron chi connectivity index (χ2n) is 4.16. The molecular formula is C12H7Cl3N2O4. The van der Waals surface area contributed by atoms with Crippen LogP contribution in [0.25, 0.3) is 0 Å².